The maximum absolute atomic E-state index is 11.7. The van der Waals surface area contributed by atoms with Crippen molar-refractivity contribution in [2.24, 2.45) is 0 Å². The molecule has 1 fully saturated rings. The van der Waals surface area contributed by atoms with Crippen LogP contribution in [0.25, 0.3) is 0 Å². The van der Waals surface area contributed by atoms with Gasteiger partial charge in [-0.3, -0.25) is 18.9 Å². The van der Waals surface area contributed by atoms with Gasteiger partial charge in [0.15, 0.2) is 6.23 Å². The van der Waals surface area contributed by atoms with E-state index in [1.165, 1.54) is 0 Å². The molecule has 0 aromatic carbocycles. The first kappa shape index (κ1) is 17.5. The first-order valence-electron chi connectivity index (χ1n) is 5.83. The van der Waals surface area contributed by atoms with Gasteiger partial charge in [-0.05, 0) is 15.9 Å². The first-order chi connectivity index (χ1) is 10.1. The van der Waals surface area contributed by atoms with Crippen molar-refractivity contribution in [3.8, 4) is 0 Å². The molecule has 124 valence electrons. The maximum Gasteiger partial charge on any atom is 0.469 e. The van der Waals surface area contributed by atoms with Crippen LogP contribution in [0, 0.1) is 0 Å². The van der Waals surface area contributed by atoms with Gasteiger partial charge in [-0.15, -0.1) is 0 Å². The number of ether oxygens (including phenoxy) is 1. The second kappa shape index (κ2) is 6.34. The summed E-state index contributed by atoms with van der Waals surface area (Å²) in [6, 6.07) is 0. The third-order valence-electron chi connectivity index (χ3n) is 2.94. The lowest BCUT2D eigenvalue weighted by Gasteiger charge is -2.17. The highest BCUT2D eigenvalue weighted by molar-refractivity contribution is 9.10. The molecule has 1 aliphatic rings. The van der Waals surface area contributed by atoms with E-state index in [0.717, 1.165) is 10.8 Å². The number of rotatable bonds is 4. The van der Waals surface area contributed by atoms with E-state index in [-0.39, 0.29) is 4.47 Å². The number of phosphoric ester groups is 1. The van der Waals surface area contributed by atoms with Crippen molar-refractivity contribution in [1.82, 2.24) is 9.55 Å². The fourth-order valence-electron chi connectivity index (χ4n) is 1.92. The molecule has 1 aromatic rings. The Kier molecular flexibility index (Phi) is 5.04. The number of hydrogen-bond donors (Lipinski definition) is 5. The normalized spacial score (nSPS) is 29.0. The number of nitrogens with one attached hydrogen (secondary N) is 1. The van der Waals surface area contributed by atoms with Crippen LogP contribution in [0.2, 0.25) is 0 Å². The number of aromatic amines is 1. The van der Waals surface area contributed by atoms with Crippen LogP contribution in [0.1, 0.15) is 6.23 Å². The summed E-state index contributed by atoms with van der Waals surface area (Å²) >= 11 is 2.90. The molecule has 5 N–H and O–H groups in total. The van der Waals surface area contributed by atoms with Crippen LogP contribution < -0.4 is 11.2 Å². The monoisotopic (exact) mass is 402 g/mol. The summed E-state index contributed by atoms with van der Waals surface area (Å²) in [7, 11) is -4.78. The molecule has 0 bridgehead atoms. The molecule has 1 aliphatic heterocycles. The van der Waals surface area contributed by atoms with Crippen LogP contribution in [0.5, 0.6) is 0 Å². The third-order valence-corrected chi connectivity index (χ3v) is 3.99. The summed E-state index contributed by atoms with van der Waals surface area (Å²) in [6.07, 6.45) is -4.69. The molecule has 0 radical (unpaired) electrons. The minimum atomic E-state index is -4.78. The summed E-state index contributed by atoms with van der Waals surface area (Å²) < 4.78 is 20.9. The number of hydrogen-bond acceptors (Lipinski definition) is 7. The molecule has 1 aromatic heterocycles. The zero-order chi connectivity index (χ0) is 16.7. The van der Waals surface area contributed by atoms with Gasteiger partial charge < -0.3 is 24.7 Å². The van der Waals surface area contributed by atoms with Gasteiger partial charge in [-0.25, -0.2) is 9.36 Å². The summed E-state index contributed by atoms with van der Waals surface area (Å²) in [5, 5.41) is 19.7. The van der Waals surface area contributed by atoms with Crippen LogP contribution in [0.4, 0.5) is 0 Å². The standard InChI is InChI=1S/C9H12BrN2O9P/c10-3-1-12(9(16)11-7(3)15)8-6(14)5(13)4(21-8)2-20-22(17,18)19/h1,4-6,8,13-14H,2H2,(H,11,15,16)(H2,17,18,19)/t4-,5?,6?,8-/m1/s1. The minimum Gasteiger partial charge on any atom is -0.387 e. The predicted molar refractivity (Wildman–Crippen MR) is 72.9 cm³/mol. The lowest BCUT2D eigenvalue weighted by atomic mass is 10.1. The zero-order valence-corrected chi connectivity index (χ0v) is 13.2. The van der Waals surface area contributed by atoms with Gasteiger partial charge in [-0.1, -0.05) is 0 Å². The number of phosphoric acid groups is 1. The van der Waals surface area contributed by atoms with Crippen molar-refractivity contribution >= 4 is 23.8 Å². The van der Waals surface area contributed by atoms with Crippen LogP contribution >= 0.6 is 23.8 Å². The second-order valence-corrected chi connectivity index (χ2v) is 6.57. The Labute approximate surface area is 130 Å². The largest absolute Gasteiger partial charge is 0.469 e. The van der Waals surface area contributed by atoms with Crippen LogP contribution in [0.3, 0.4) is 0 Å². The SMILES string of the molecule is O=c1[nH]c(=O)n([C@@H]2O[C@H](COP(=O)(O)O)C(O)C2O)cc1Br. The Morgan fingerprint density at radius 3 is 2.59 bits per heavy atom. The van der Waals surface area contributed by atoms with Gasteiger partial charge in [0.25, 0.3) is 5.56 Å². The molecule has 2 heterocycles. The van der Waals surface area contributed by atoms with Crippen LogP contribution in [0.15, 0.2) is 20.3 Å². The average Bonchev–Trinajstić information content (AvgIpc) is 2.68. The molecule has 22 heavy (non-hydrogen) atoms. The number of aliphatic hydroxyl groups is 2. The van der Waals surface area contributed by atoms with Crippen molar-refractivity contribution in [1.29, 1.82) is 0 Å². The second-order valence-electron chi connectivity index (χ2n) is 4.48. The van der Waals surface area contributed by atoms with Gasteiger partial charge in [0.1, 0.15) is 18.3 Å². The van der Waals surface area contributed by atoms with E-state index in [0.29, 0.717) is 0 Å². The molecule has 0 saturated carbocycles. The fraction of sp³-hybridized carbons (Fsp3) is 0.556. The predicted octanol–water partition coefficient (Wildman–Crippen LogP) is -1.97. The highest BCUT2D eigenvalue weighted by Gasteiger charge is 2.45. The Morgan fingerprint density at radius 1 is 1.36 bits per heavy atom. The molecular formula is C9H12BrN2O9P. The van der Waals surface area contributed by atoms with Crippen molar-refractivity contribution in [2.45, 2.75) is 24.5 Å². The van der Waals surface area contributed by atoms with E-state index >= 15 is 0 Å². The molecule has 0 amide bonds. The van der Waals surface area contributed by atoms with E-state index in [1.54, 1.807) is 0 Å². The number of aliphatic hydroxyl groups excluding tert-OH is 2. The van der Waals surface area contributed by atoms with Crippen LogP contribution in [-0.4, -0.2) is 54.5 Å². The van der Waals surface area contributed by atoms with E-state index in [9.17, 15) is 24.4 Å². The van der Waals surface area contributed by atoms with E-state index in [4.69, 9.17) is 14.5 Å². The molecular weight excluding hydrogens is 391 g/mol. The quantitative estimate of drug-likeness (QED) is 0.358. The van der Waals surface area contributed by atoms with Gasteiger partial charge in [0, 0.05) is 6.20 Å². The van der Waals surface area contributed by atoms with E-state index in [2.05, 4.69) is 20.5 Å². The highest BCUT2D eigenvalue weighted by Crippen LogP contribution is 2.38. The fourth-order valence-corrected chi connectivity index (χ4v) is 2.58. The van der Waals surface area contributed by atoms with Crippen molar-refractivity contribution < 1.29 is 33.8 Å². The Balaban J connectivity index is 2.23. The topological polar surface area (TPSA) is 171 Å². The number of nitrogens with zero attached hydrogens (tertiary/aromatic N) is 1. The molecule has 4 atom stereocenters. The molecule has 2 rings (SSSR count). The Bertz CT molecular complexity index is 712. The first-order valence-corrected chi connectivity index (χ1v) is 8.15. The van der Waals surface area contributed by atoms with Crippen molar-refractivity contribution in [3.05, 3.63) is 31.5 Å². The molecule has 1 saturated heterocycles. The van der Waals surface area contributed by atoms with Gasteiger partial charge in [-0.2, -0.15) is 0 Å². The van der Waals surface area contributed by atoms with Gasteiger partial charge in [0.05, 0.1) is 11.1 Å². The number of H-pyrrole nitrogens is 1. The summed E-state index contributed by atoms with van der Waals surface area (Å²) in [6.45, 7) is -0.696. The number of aromatic nitrogens is 2. The zero-order valence-electron chi connectivity index (χ0n) is 10.7. The summed E-state index contributed by atoms with van der Waals surface area (Å²) in [5.41, 5.74) is -1.57. The lowest BCUT2D eigenvalue weighted by Crippen LogP contribution is -2.38. The molecule has 13 heteroatoms. The summed E-state index contributed by atoms with van der Waals surface area (Å²) in [5.74, 6) is 0. The maximum atomic E-state index is 11.7. The van der Waals surface area contributed by atoms with E-state index in [1.807, 2.05) is 4.98 Å². The van der Waals surface area contributed by atoms with Crippen molar-refractivity contribution in [3.63, 3.8) is 0 Å². The van der Waals surface area contributed by atoms with Crippen molar-refractivity contribution in [2.75, 3.05) is 6.61 Å². The van der Waals surface area contributed by atoms with Gasteiger partial charge >= 0.3 is 13.5 Å². The van der Waals surface area contributed by atoms with Crippen LogP contribution in [-0.2, 0) is 13.8 Å². The highest BCUT2D eigenvalue weighted by atomic mass is 79.9. The molecule has 2 unspecified atom stereocenters. The van der Waals surface area contributed by atoms with Gasteiger partial charge in [0.2, 0.25) is 0 Å². The molecule has 0 spiro atoms. The lowest BCUT2D eigenvalue weighted by molar-refractivity contribution is -0.0544. The molecule has 0 aliphatic carbocycles. The minimum absolute atomic E-state index is 0.00712. The smallest absolute Gasteiger partial charge is 0.387 e. The Hall–Kier alpha value is -0.850. The summed E-state index contributed by atoms with van der Waals surface area (Å²) in [4.78, 5) is 42.2. The number of halogens is 1. The van der Waals surface area contributed by atoms with E-state index < -0.39 is 50.2 Å². The average molecular weight is 403 g/mol. The molecule has 11 nitrogen and oxygen atoms in total. The Morgan fingerprint density at radius 2 is 2.00 bits per heavy atom. The third kappa shape index (κ3) is 3.73.